The molecule has 0 spiro atoms. The Morgan fingerprint density at radius 1 is 1.44 bits per heavy atom. The molecule has 0 aliphatic carbocycles. The quantitative estimate of drug-likeness (QED) is 0.354. The molecule has 0 radical (unpaired) electrons. The number of hydrogen-bond acceptors (Lipinski definition) is 2. The lowest BCUT2D eigenvalue weighted by molar-refractivity contribution is 0.279. The van der Waals surface area contributed by atoms with Crippen LogP contribution in [0.1, 0.15) is 26.7 Å². The van der Waals surface area contributed by atoms with E-state index in [4.69, 9.17) is 5.21 Å². The van der Waals surface area contributed by atoms with Gasteiger partial charge in [-0.05, 0) is 18.8 Å². The molecular weight excluding hydrogens is 116 g/mol. The van der Waals surface area contributed by atoms with Gasteiger partial charge >= 0.3 is 0 Å². The molecule has 0 saturated carbocycles. The van der Waals surface area contributed by atoms with Gasteiger partial charge in [-0.25, -0.2) is 0 Å². The molecule has 9 heavy (non-hydrogen) atoms. The summed E-state index contributed by atoms with van der Waals surface area (Å²) in [7, 11) is 0. The van der Waals surface area contributed by atoms with E-state index in [-0.39, 0.29) is 0 Å². The molecule has 0 aromatic rings. The van der Waals surface area contributed by atoms with Crippen molar-refractivity contribution < 1.29 is 5.21 Å². The van der Waals surface area contributed by atoms with Gasteiger partial charge in [0.25, 0.3) is 0 Å². The van der Waals surface area contributed by atoms with Crippen molar-refractivity contribution in [2.75, 3.05) is 6.54 Å². The summed E-state index contributed by atoms with van der Waals surface area (Å²) in [5.74, 6) is 0.721. The lowest BCUT2D eigenvalue weighted by Crippen LogP contribution is -1.88. The van der Waals surface area contributed by atoms with Crippen LogP contribution in [-0.2, 0) is 0 Å². The van der Waals surface area contributed by atoms with Crippen LogP contribution in [0.5, 0.6) is 0 Å². The van der Waals surface area contributed by atoms with Gasteiger partial charge in [-0.2, -0.15) is 5.11 Å². The van der Waals surface area contributed by atoms with Crippen molar-refractivity contribution in [2.24, 2.45) is 16.3 Å². The molecule has 0 heterocycles. The van der Waals surface area contributed by atoms with E-state index in [0.29, 0.717) is 6.54 Å². The third-order valence-electron chi connectivity index (χ3n) is 1.10. The zero-order chi connectivity index (χ0) is 7.11. The van der Waals surface area contributed by atoms with Gasteiger partial charge in [0.1, 0.15) is 0 Å². The highest BCUT2D eigenvalue weighted by Gasteiger charge is 1.91. The van der Waals surface area contributed by atoms with Crippen LogP contribution in [0.3, 0.4) is 0 Å². The van der Waals surface area contributed by atoms with Gasteiger partial charge in [0, 0.05) is 5.28 Å². The average Bonchev–Trinajstić information content (AvgIpc) is 1.80. The van der Waals surface area contributed by atoms with Crippen LogP contribution in [0.25, 0.3) is 0 Å². The van der Waals surface area contributed by atoms with E-state index in [1.165, 1.54) is 0 Å². The summed E-state index contributed by atoms with van der Waals surface area (Å²) < 4.78 is 0. The summed E-state index contributed by atoms with van der Waals surface area (Å²) in [4.78, 5) is 0. The van der Waals surface area contributed by atoms with Gasteiger partial charge in [-0.3, -0.25) is 0 Å². The molecule has 0 aliphatic rings. The topological polar surface area (TPSA) is 45.0 Å². The van der Waals surface area contributed by atoms with Crippen molar-refractivity contribution in [3.8, 4) is 0 Å². The molecule has 0 bridgehead atoms. The van der Waals surface area contributed by atoms with E-state index in [2.05, 4.69) is 24.2 Å². The highest BCUT2D eigenvalue weighted by atomic mass is 16.5. The third-order valence-corrected chi connectivity index (χ3v) is 1.10. The monoisotopic (exact) mass is 130 g/mol. The van der Waals surface area contributed by atoms with E-state index in [1.54, 1.807) is 0 Å². The maximum Gasteiger partial charge on any atom is 0.0635 e. The largest absolute Gasteiger partial charge is 0.395 e. The Hall–Kier alpha value is -0.600. The predicted molar refractivity (Wildman–Crippen MR) is 35.6 cm³/mol. The summed E-state index contributed by atoms with van der Waals surface area (Å²) in [6.07, 6.45) is 2.17. The van der Waals surface area contributed by atoms with Crippen LogP contribution in [0.4, 0.5) is 0 Å². The molecule has 0 aliphatic heterocycles. The van der Waals surface area contributed by atoms with Gasteiger partial charge < -0.3 is 5.21 Å². The highest BCUT2D eigenvalue weighted by molar-refractivity contribution is 4.46. The first-order chi connectivity index (χ1) is 4.27. The smallest absolute Gasteiger partial charge is 0.0635 e. The average molecular weight is 130 g/mol. The van der Waals surface area contributed by atoms with Gasteiger partial charge in [-0.1, -0.05) is 13.8 Å². The van der Waals surface area contributed by atoms with Crippen molar-refractivity contribution in [3.63, 3.8) is 0 Å². The minimum Gasteiger partial charge on any atom is -0.395 e. The van der Waals surface area contributed by atoms with E-state index >= 15 is 0 Å². The first kappa shape index (κ1) is 8.40. The Labute approximate surface area is 55.8 Å². The Kier molecular flexibility index (Phi) is 5.17. The Morgan fingerprint density at radius 2 is 2.11 bits per heavy atom. The van der Waals surface area contributed by atoms with Gasteiger partial charge in [-0.15, -0.1) is 0 Å². The van der Waals surface area contributed by atoms with Gasteiger partial charge in [0.15, 0.2) is 0 Å². The second kappa shape index (κ2) is 5.54. The fourth-order valence-electron chi connectivity index (χ4n) is 0.615. The van der Waals surface area contributed by atoms with E-state index < -0.39 is 0 Å². The Balaban J connectivity index is 2.91. The predicted octanol–water partition coefficient (Wildman–Crippen LogP) is 2.26. The van der Waals surface area contributed by atoms with E-state index in [0.717, 1.165) is 18.8 Å². The first-order valence-electron chi connectivity index (χ1n) is 3.28. The maximum atomic E-state index is 7.89. The van der Waals surface area contributed by atoms with Crippen molar-refractivity contribution in [2.45, 2.75) is 26.7 Å². The van der Waals surface area contributed by atoms with Crippen LogP contribution in [0.2, 0.25) is 0 Å². The second-order valence-corrected chi connectivity index (χ2v) is 2.49. The lowest BCUT2D eigenvalue weighted by Gasteiger charge is -1.98. The zero-order valence-corrected chi connectivity index (χ0v) is 6.04. The summed E-state index contributed by atoms with van der Waals surface area (Å²) in [6.45, 7) is 4.97. The van der Waals surface area contributed by atoms with Crippen molar-refractivity contribution in [3.05, 3.63) is 0 Å². The SMILES string of the molecule is CC(C)CCCN=NO. The van der Waals surface area contributed by atoms with Crippen LogP contribution in [0, 0.1) is 5.92 Å². The molecule has 0 aromatic heterocycles. The molecule has 0 fully saturated rings. The van der Waals surface area contributed by atoms with E-state index in [9.17, 15) is 0 Å². The number of nitrogens with zero attached hydrogens (tertiary/aromatic N) is 2. The maximum absolute atomic E-state index is 7.89. The molecule has 0 saturated heterocycles. The van der Waals surface area contributed by atoms with E-state index in [1.807, 2.05) is 0 Å². The Bertz CT molecular complexity index is 81.1. The molecule has 0 unspecified atom stereocenters. The first-order valence-corrected chi connectivity index (χ1v) is 3.28. The second-order valence-electron chi connectivity index (χ2n) is 2.49. The van der Waals surface area contributed by atoms with Crippen LogP contribution < -0.4 is 0 Å². The molecule has 0 aromatic carbocycles. The lowest BCUT2D eigenvalue weighted by atomic mass is 10.1. The third kappa shape index (κ3) is 7.40. The molecule has 0 atom stereocenters. The molecule has 0 rings (SSSR count). The molecular formula is C6H14N2O. The zero-order valence-electron chi connectivity index (χ0n) is 6.04. The van der Waals surface area contributed by atoms with Gasteiger partial charge in [0.05, 0.1) is 6.54 Å². The normalized spacial score (nSPS) is 11.4. The minimum atomic E-state index is 0.648. The molecule has 0 amide bonds. The standard InChI is InChI=1S/C6H14N2O/c1-6(2)4-3-5-7-8-9/h6H,3-5H2,1-2H3,(H,7,9). The molecule has 3 nitrogen and oxygen atoms in total. The highest BCUT2D eigenvalue weighted by Crippen LogP contribution is 2.02. The fraction of sp³-hybridized carbons (Fsp3) is 1.00. The fourth-order valence-corrected chi connectivity index (χ4v) is 0.615. The van der Waals surface area contributed by atoms with Crippen LogP contribution >= 0.6 is 0 Å². The van der Waals surface area contributed by atoms with Crippen LogP contribution in [0.15, 0.2) is 10.4 Å². The van der Waals surface area contributed by atoms with Gasteiger partial charge in [0.2, 0.25) is 0 Å². The van der Waals surface area contributed by atoms with Crippen LogP contribution in [-0.4, -0.2) is 11.8 Å². The Morgan fingerprint density at radius 3 is 2.56 bits per heavy atom. The van der Waals surface area contributed by atoms with Crippen molar-refractivity contribution >= 4 is 0 Å². The summed E-state index contributed by atoms with van der Waals surface area (Å²) in [5.41, 5.74) is 0. The summed E-state index contributed by atoms with van der Waals surface area (Å²) in [5, 5.41) is 14.0. The minimum absolute atomic E-state index is 0.648. The number of hydrogen-bond donors (Lipinski definition) is 1. The summed E-state index contributed by atoms with van der Waals surface area (Å²) >= 11 is 0. The molecule has 3 heteroatoms. The number of rotatable bonds is 4. The molecule has 54 valence electrons. The van der Waals surface area contributed by atoms with Crippen molar-refractivity contribution in [1.82, 2.24) is 0 Å². The summed E-state index contributed by atoms with van der Waals surface area (Å²) in [6, 6.07) is 0. The van der Waals surface area contributed by atoms with Crippen molar-refractivity contribution in [1.29, 1.82) is 0 Å². The molecule has 1 N–H and O–H groups in total.